The lowest BCUT2D eigenvalue weighted by molar-refractivity contribution is -0.156. The molecule has 104 heavy (non-hydrogen) atoms. The summed E-state index contributed by atoms with van der Waals surface area (Å²) < 4.78 is 27.4. The molecule has 0 spiro atoms. The van der Waals surface area contributed by atoms with Crippen molar-refractivity contribution in [1.29, 1.82) is 0 Å². The second kappa shape index (κ2) is 33.3. The Morgan fingerprint density at radius 3 is 1.16 bits per heavy atom. The van der Waals surface area contributed by atoms with Crippen LogP contribution in [0.15, 0.2) is 146 Å². The number of carbonyl (C=O) groups is 6. The fourth-order valence-electron chi connectivity index (χ4n) is 12.2. The third kappa shape index (κ3) is 18.8. The van der Waals surface area contributed by atoms with E-state index in [1.54, 1.807) is 111 Å². The van der Waals surface area contributed by atoms with Crippen LogP contribution < -0.4 is 69.6 Å². The molecule has 0 radical (unpaired) electrons. The number of carbonyl (C=O) groups excluding carboxylic acids is 5. The molecule has 0 bridgehead atoms. The summed E-state index contributed by atoms with van der Waals surface area (Å²) >= 11 is 0. The number of amides is 6. The third-order valence-electron chi connectivity index (χ3n) is 17.7. The molecule has 28 nitrogen and oxygen atoms in total. The van der Waals surface area contributed by atoms with E-state index in [1.807, 2.05) is 123 Å². The van der Waals surface area contributed by atoms with Crippen LogP contribution >= 0.6 is 0 Å². The Hall–Kier alpha value is -11.8. The van der Waals surface area contributed by atoms with Gasteiger partial charge in [-0.25, -0.2) is 19.6 Å². The minimum atomic E-state index is -0.812. The van der Waals surface area contributed by atoms with Gasteiger partial charge in [-0.1, -0.05) is 38.1 Å². The Bertz CT molecular complexity index is 4310. The van der Waals surface area contributed by atoms with Gasteiger partial charge in [0, 0.05) is 159 Å². The Labute approximate surface area is 604 Å². The number of rotatable bonds is 24. The van der Waals surface area contributed by atoms with Crippen molar-refractivity contribution in [2.24, 2.45) is 0 Å². The maximum atomic E-state index is 14.3. The normalized spacial score (nSPS) is 14.7. The summed E-state index contributed by atoms with van der Waals surface area (Å²) in [5.74, 6) is 2.72. The van der Waals surface area contributed by atoms with E-state index in [4.69, 9.17) is 38.8 Å². The first-order valence-electron chi connectivity index (χ1n) is 34.4. The first-order chi connectivity index (χ1) is 50.1. The van der Waals surface area contributed by atoms with Gasteiger partial charge in [0.15, 0.2) is 0 Å². The lowest BCUT2D eigenvalue weighted by Gasteiger charge is -2.36. The number of aromatic nitrogens is 4. The Kier molecular flexibility index (Phi) is 23.5. The fraction of sp³-hybridized carbons (Fsp3) is 0.342. The number of piperazine rings is 2. The number of nitrogens with zero attached hydrogens (tertiary/aromatic N) is 12. The number of anilines is 12. The number of benzene rings is 6. The number of ether oxygens (including phenoxy) is 5. The van der Waals surface area contributed by atoms with Gasteiger partial charge >= 0.3 is 24.0 Å². The largest absolute Gasteiger partial charge is 0.497 e. The van der Waals surface area contributed by atoms with E-state index >= 15 is 0 Å². The average Bonchev–Trinajstić information content (AvgIpc) is 0.769. The molecular formula is C76H88N16O12. The van der Waals surface area contributed by atoms with Gasteiger partial charge in [0.05, 0.1) is 79.1 Å². The van der Waals surface area contributed by atoms with E-state index in [1.165, 1.54) is 0 Å². The summed E-state index contributed by atoms with van der Waals surface area (Å²) in [6, 6.07) is 40.8. The minimum Gasteiger partial charge on any atom is -0.497 e. The predicted molar refractivity (Wildman–Crippen MR) is 400 cm³/mol. The zero-order chi connectivity index (χ0) is 73.6. The molecule has 2 aromatic heterocycles. The monoisotopic (exact) mass is 1420 g/mol. The molecule has 4 aliphatic rings. The number of hydrogen-bond acceptors (Lipinski definition) is 21. The molecule has 2 fully saturated rings. The molecule has 0 saturated carbocycles. The van der Waals surface area contributed by atoms with E-state index in [9.17, 15) is 28.8 Å². The highest BCUT2D eigenvalue weighted by atomic mass is 16.6. The number of nitrogens with one attached hydrogen (secondary N) is 4. The summed E-state index contributed by atoms with van der Waals surface area (Å²) in [7, 11) is 6.26. The second-order valence-corrected chi connectivity index (χ2v) is 26.2. The molecule has 0 atom stereocenters. The Morgan fingerprint density at radius 1 is 0.471 bits per heavy atom. The van der Waals surface area contributed by atoms with Crippen molar-refractivity contribution in [3.05, 3.63) is 168 Å². The molecule has 5 N–H and O–H groups in total. The zero-order valence-corrected chi connectivity index (χ0v) is 60.0. The van der Waals surface area contributed by atoms with Crippen molar-refractivity contribution in [2.45, 2.75) is 79.2 Å². The number of methoxy groups -OCH3 is 4. The van der Waals surface area contributed by atoms with Gasteiger partial charge in [0.1, 0.15) is 40.2 Å². The zero-order valence-electron chi connectivity index (χ0n) is 60.0. The topological polar surface area (TPSA) is 294 Å². The van der Waals surface area contributed by atoms with Gasteiger partial charge in [0.2, 0.25) is 23.7 Å². The van der Waals surface area contributed by atoms with Gasteiger partial charge in [-0.2, -0.15) is 9.97 Å². The molecule has 0 aliphatic carbocycles. The van der Waals surface area contributed by atoms with Crippen molar-refractivity contribution < 1.29 is 57.6 Å². The van der Waals surface area contributed by atoms with Gasteiger partial charge in [0.25, 0.3) is 0 Å². The van der Waals surface area contributed by atoms with Gasteiger partial charge < -0.3 is 59.9 Å². The number of fused-ring (bicyclic) bond motifs is 2. The van der Waals surface area contributed by atoms with Crippen LogP contribution in [0.4, 0.5) is 78.6 Å². The summed E-state index contributed by atoms with van der Waals surface area (Å²) in [6.07, 6.45) is 4.22. The number of carboxylic acid groups (broad SMARTS) is 1. The van der Waals surface area contributed by atoms with E-state index in [2.05, 4.69) is 45.9 Å². The van der Waals surface area contributed by atoms with E-state index in [0.29, 0.717) is 95.2 Å². The van der Waals surface area contributed by atoms with Gasteiger partial charge in [-0.3, -0.25) is 48.6 Å². The smallest absolute Gasteiger partial charge is 0.330 e. The van der Waals surface area contributed by atoms with Gasteiger partial charge in [-0.05, 0) is 105 Å². The van der Waals surface area contributed by atoms with Crippen LogP contribution in [0.3, 0.4) is 0 Å². The average molecular weight is 1420 g/mol. The molecule has 6 aromatic carbocycles. The van der Waals surface area contributed by atoms with Crippen molar-refractivity contribution >= 4 is 105 Å². The Balaban J connectivity index is 0.000000209. The lowest BCUT2D eigenvalue weighted by Crippen LogP contribution is -2.48. The number of urea groups is 2. The SMILES string of the molecule is CCC(=O)Nc1ccc(CN2C(=O)N(c3cc(OC)cc(OC)c3)Cc3cnc(Nc4ccc(N5CCN(CC(=O)O)CC5)cc4)nc32)cc1.CCC(=O)Nc1ccc(CN2C(=O)N(c3cc(OC)cc(OC)c3)Cc3cnc(Nc4ccc(N5CCN(CC(=O)OC(C)(C)C)CC5)cc4)nc32)cc1. The molecule has 6 amide bonds. The summed E-state index contributed by atoms with van der Waals surface area (Å²) in [6.45, 7) is 16.5. The standard InChI is InChI=1S/C40H48N8O6.C36H40N8O6/c1-7-35(49)42-29-10-8-27(9-11-29)24-48-37-28(25-47(39(48)51)32-20-33(52-5)22-34(21-32)53-6)23-41-38(44-37)43-30-12-14-31(15-13-30)46-18-16-45(17-19-46)26-36(50)54-40(2,3)4;1-4-32(45)38-26-7-5-24(6-8-26)21-44-34-25(22-43(36(44)48)29-17-30(49-2)19-31(18-29)50-3)20-37-35(40-34)39-27-9-11-28(12-10-27)42-15-13-41(14-16-42)23-33(46)47/h8-15,20-23H,7,16-19,24-26H2,1-6H3,(H,42,49)(H,41,43,44);5-12,17-20H,4,13-16,21-23H2,1-3H3,(H,38,45)(H,46,47)(H,37,39,40). The number of esters is 1. The molecule has 4 aliphatic heterocycles. The lowest BCUT2D eigenvalue weighted by atomic mass is 10.1. The summed E-state index contributed by atoms with van der Waals surface area (Å²) in [5.41, 5.74) is 8.98. The van der Waals surface area contributed by atoms with Crippen molar-refractivity contribution in [2.75, 3.05) is 145 Å². The molecule has 8 aromatic rings. The summed E-state index contributed by atoms with van der Waals surface area (Å²) in [4.78, 5) is 110. The van der Waals surface area contributed by atoms with Crippen LogP contribution in [0.2, 0.25) is 0 Å². The Morgan fingerprint density at radius 2 is 0.827 bits per heavy atom. The van der Waals surface area contributed by atoms with Crippen LogP contribution in [0, 0.1) is 0 Å². The highest BCUT2D eigenvalue weighted by Gasteiger charge is 2.36. The summed E-state index contributed by atoms with van der Waals surface area (Å²) in [5, 5.41) is 21.4. The fourth-order valence-corrected chi connectivity index (χ4v) is 12.2. The predicted octanol–water partition coefficient (Wildman–Crippen LogP) is 11.1. The van der Waals surface area contributed by atoms with E-state index in [-0.39, 0.29) is 69.1 Å². The number of aliphatic carboxylic acids is 1. The van der Waals surface area contributed by atoms with E-state index < -0.39 is 11.6 Å². The highest BCUT2D eigenvalue weighted by molar-refractivity contribution is 6.07. The second-order valence-electron chi connectivity index (χ2n) is 26.2. The molecule has 6 heterocycles. The van der Waals surface area contributed by atoms with Crippen LogP contribution in [-0.2, 0) is 50.1 Å². The first-order valence-corrected chi connectivity index (χ1v) is 34.4. The first kappa shape index (κ1) is 73.4. The van der Waals surface area contributed by atoms with Crippen molar-refractivity contribution in [3.8, 4) is 23.0 Å². The highest BCUT2D eigenvalue weighted by Crippen LogP contribution is 2.39. The van der Waals surface area contributed by atoms with Gasteiger partial charge in [-0.15, -0.1) is 0 Å². The molecule has 2 saturated heterocycles. The minimum absolute atomic E-state index is 0.0548. The molecule has 0 unspecified atom stereocenters. The maximum Gasteiger partial charge on any atom is 0.330 e. The van der Waals surface area contributed by atoms with Crippen LogP contribution in [0.25, 0.3) is 0 Å². The molecule has 28 heteroatoms. The molecule has 12 rings (SSSR count). The number of carboxylic acids is 1. The van der Waals surface area contributed by atoms with Crippen LogP contribution in [0.5, 0.6) is 23.0 Å². The number of hydrogen-bond donors (Lipinski definition) is 5. The van der Waals surface area contributed by atoms with Crippen molar-refractivity contribution in [1.82, 2.24) is 29.7 Å². The maximum absolute atomic E-state index is 14.3. The van der Waals surface area contributed by atoms with Crippen LogP contribution in [-0.4, -0.2) is 170 Å². The molecular weight excluding hydrogens is 1330 g/mol. The quantitative estimate of drug-likeness (QED) is 0.0351. The third-order valence-corrected chi connectivity index (χ3v) is 17.7. The van der Waals surface area contributed by atoms with Crippen molar-refractivity contribution in [3.63, 3.8) is 0 Å². The van der Waals surface area contributed by atoms with E-state index in [0.717, 1.165) is 84.3 Å². The van der Waals surface area contributed by atoms with Crippen LogP contribution in [0.1, 0.15) is 69.7 Å². The molecule has 544 valence electrons.